The molecule has 3 aromatic rings. The molecule has 7 nitrogen and oxygen atoms in total. The first-order chi connectivity index (χ1) is 21.5. The van der Waals surface area contributed by atoms with Gasteiger partial charge in [0.2, 0.25) is 0 Å². The van der Waals surface area contributed by atoms with Crippen LogP contribution in [0.25, 0.3) is 11.0 Å². The molecule has 1 atom stereocenters. The number of imidazole rings is 1. The van der Waals surface area contributed by atoms with Crippen molar-refractivity contribution in [3.8, 4) is 12.3 Å². The molecule has 230 valence electrons. The minimum absolute atomic E-state index is 0.209. The molecule has 0 unspecified atom stereocenters. The van der Waals surface area contributed by atoms with Crippen molar-refractivity contribution < 1.29 is 14.3 Å². The Kier molecular flexibility index (Phi) is 9.59. The third-order valence-corrected chi connectivity index (χ3v) is 9.62. The van der Waals surface area contributed by atoms with Crippen molar-refractivity contribution in [1.29, 1.82) is 0 Å². The van der Waals surface area contributed by atoms with Gasteiger partial charge in [-0.05, 0) is 125 Å². The molecule has 7 heteroatoms. The van der Waals surface area contributed by atoms with Crippen molar-refractivity contribution >= 4 is 22.7 Å². The van der Waals surface area contributed by atoms with E-state index in [-0.39, 0.29) is 12.1 Å². The highest BCUT2D eigenvalue weighted by molar-refractivity contribution is 5.93. The van der Waals surface area contributed by atoms with Gasteiger partial charge in [0.1, 0.15) is 5.82 Å². The summed E-state index contributed by atoms with van der Waals surface area (Å²) in [4.78, 5) is 24.8. The Morgan fingerprint density at radius 2 is 1.95 bits per heavy atom. The van der Waals surface area contributed by atoms with E-state index in [1.807, 2.05) is 18.2 Å². The molecule has 0 saturated carbocycles. The summed E-state index contributed by atoms with van der Waals surface area (Å²) >= 11 is 0. The lowest BCUT2D eigenvalue weighted by atomic mass is 9.91. The molecule has 1 aromatic heterocycles. The van der Waals surface area contributed by atoms with E-state index in [0.717, 1.165) is 99.7 Å². The third kappa shape index (κ3) is 7.14. The molecule has 4 heterocycles. The maximum absolute atomic E-state index is 12.2. The van der Waals surface area contributed by atoms with Crippen LogP contribution in [0.2, 0.25) is 0 Å². The van der Waals surface area contributed by atoms with Crippen molar-refractivity contribution in [3.63, 3.8) is 0 Å². The predicted octanol–water partition coefficient (Wildman–Crippen LogP) is 6.65. The zero-order chi connectivity index (χ0) is 30.5. The number of methoxy groups -OCH3 is 1. The fourth-order valence-corrected chi connectivity index (χ4v) is 6.75. The maximum Gasteiger partial charge on any atom is 0.337 e. The SMILES string of the molecule is C#Cc1ccc(CCC2=NC(CCC3CCN(Cc4nc5ccc(C(=O)OC)cc5n4C[C@@H]4CCO4)CC3)=CCC2)c(C)c1. The van der Waals surface area contributed by atoms with Crippen molar-refractivity contribution in [2.45, 2.75) is 83.9 Å². The van der Waals surface area contributed by atoms with Crippen molar-refractivity contribution in [1.82, 2.24) is 14.5 Å². The van der Waals surface area contributed by atoms with Crippen LogP contribution in [-0.2, 0) is 29.0 Å². The minimum atomic E-state index is -0.323. The number of ether oxygens (including phenoxy) is 2. The average molecular weight is 593 g/mol. The summed E-state index contributed by atoms with van der Waals surface area (Å²) in [5, 5.41) is 0. The molecule has 0 N–H and O–H groups in total. The number of aliphatic imine (C=N–C) groups is 1. The summed E-state index contributed by atoms with van der Waals surface area (Å²) in [5.74, 6) is 4.19. The number of aryl methyl sites for hydroxylation is 2. The number of aromatic nitrogens is 2. The van der Waals surface area contributed by atoms with Gasteiger partial charge < -0.3 is 14.0 Å². The first-order valence-electron chi connectivity index (χ1n) is 16.2. The monoisotopic (exact) mass is 592 g/mol. The number of piperidine rings is 1. The molecular formula is C37H44N4O3. The average Bonchev–Trinajstić information content (AvgIpc) is 3.37. The number of likely N-dealkylation sites (tertiary alicyclic amines) is 1. The van der Waals surface area contributed by atoms with Gasteiger partial charge in [-0.2, -0.15) is 0 Å². The highest BCUT2D eigenvalue weighted by Gasteiger charge is 2.25. The summed E-state index contributed by atoms with van der Waals surface area (Å²) in [7, 11) is 1.42. The van der Waals surface area contributed by atoms with Crippen LogP contribution < -0.4 is 0 Å². The second kappa shape index (κ2) is 13.9. The molecule has 3 aliphatic heterocycles. The van der Waals surface area contributed by atoms with Gasteiger partial charge in [0.05, 0.1) is 42.9 Å². The topological polar surface area (TPSA) is 69.0 Å². The third-order valence-electron chi connectivity index (χ3n) is 9.62. The van der Waals surface area contributed by atoms with Crippen LogP contribution in [0.1, 0.15) is 84.2 Å². The Hall–Kier alpha value is -3.73. The van der Waals surface area contributed by atoms with Crippen LogP contribution in [0.5, 0.6) is 0 Å². The molecule has 44 heavy (non-hydrogen) atoms. The Morgan fingerprint density at radius 1 is 1.11 bits per heavy atom. The fourth-order valence-electron chi connectivity index (χ4n) is 6.75. The summed E-state index contributed by atoms with van der Waals surface area (Å²) in [6, 6.07) is 12.0. The van der Waals surface area contributed by atoms with Gasteiger partial charge in [0.15, 0.2) is 0 Å². The normalized spacial score (nSPS) is 19.2. The number of nitrogens with zero attached hydrogens (tertiary/aromatic N) is 4. The smallest absolute Gasteiger partial charge is 0.337 e. The Morgan fingerprint density at radius 3 is 2.68 bits per heavy atom. The Bertz CT molecular complexity index is 1600. The second-order valence-corrected chi connectivity index (χ2v) is 12.6. The van der Waals surface area contributed by atoms with Crippen molar-refractivity contribution in [2.24, 2.45) is 10.9 Å². The number of carbonyl (C=O) groups excluding carboxylic acids is 1. The molecular weight excluding hydrogens is 548 g/mol. The highest BCUT2D eigenvalue weighted by atomic mass is 16.5. The molecule has 6 rings (SSSR count). The number of esters is 1. The number of benzene rings is 2. The lowest BCUT2D eigenvalue weighted by Gasteiger charge is -2.32. The van der Waals surface area contributed by atoms with Crippen molar-refractivity contribution in [3.05, 3.63) is 76.2 Å². The van der Waals surface area contributed by atoms with Gasteiger partial charge in [0.25, 0.3) is 0 Å². The highest BCUT2D eigenvalue weighted by Crippen LogP contribution is 2.29. The fraction of sp³-hybridized carbons (Fsp3) is 0.486. The van der Waals surface area contributed by atoms with E-state index in [4.69, 9.17) is 25.9 Å². The molecule has 2 fully saturated rings. The van der Waals surface area contributed by atoms with Crippen LogP contribution >= 0.6 is 0 Å². The van der Waals surface area contributed by atoms with Gasteiger partial charge in [-0.1, -0.05) is 18.1 Å². The second-order valence-electron chi connectivity index (χ2n) is 12.6. The lowest BCUT2D eigenvalue weighted by molar-refractivity contribution is -0.0592. The van der Waals surface area contributed by atoms with Crippen LogP contribution in [0, 0.1) is 25.2 Å². The van der Waals surface area contributed by atoms with Gasteiger partial charge >= 0.3 is 5.97 Å². The van der Waals surface area contributed by atoms with E-state index in [0.29, 0.717) is 5.56 Å². The van der Waals surface area contributed by atoms with E-state index >= 15 is 0 Å². The lowest BCUT2D eigenvalue weighted by Crippen LogP contribution is -2.35. The zero-order valence-corrected chi connectivity index (χ0v) is 26.2. The molecule has 2 aromatic carbocycles. The zero-order valence-electron chi connectivity index (χ0n) is 26.2. The predicted molar refractivity (Wildman–Crippen MR) is 175 cm³/mol. The summed E-state index contributed by atoms with van der Waals surface area (Å²) in [5.41, 5.74) is 8.66. The standard InChI is InChI=1S/C37H44N4O3/c1-4-27-8-10-29(26(2)22-27)11-14-32-7-5-6-31(38-32)13-9-28-16-19-40(20-17-28)25-36-39-34-15-12-30(37(42)43-3)23-35(34)41(36)24-33-18-21-44-33/h1,6,8,10,12,15,22-23,28,33H,5,7,9,11,13-14,16-21,24-25H2,2-3H3/t33-/m0/s1. The van der Waals surface area contributed by atoms with Gasteiger partial charge in [-0.3, -0.25) is 9.89 Å². The molecule has 2 saturated heterocycles. The van der Waals surface area contributed by atoms with E-state index in [2.05, 4.69) is 40.5 Å². The van der Waals surface area contributed by atoms with E-state index in [1.165, 1.54) is 48.9 Å². The number of rotatable bonds is 11. The Labute approximate surface area is 261 Å². The van der Waals surface area contributed by atoms with E-state index in [1.54, 1.807) is 6.07 Å². The van der Waals surface area contributed by atoms with E-state index in [9.17, 15) is 4.79 Å². The van der Waals surface area contributed by atoms with E-state index < -0.39 is 0 Å². The largest absolute Gasteiger partial charge is 0.465 e. The van der Waals surface area contributed by atoms with Gasteiger partial charge in [-0.15, -0.1) is 6.42 Å². The van der Waals surface area contributed by atoms with Crippen molar-refractivity contribution in [2.75, 3.05) is 26.8 Å². The van der Waals surface area contributed by atoms with Crippen LogP contribution in [-0.4, -0.2) is 59.0 Å². The van der Waals surface area contributed by atoms with Gasteiger partial charge in [-0.25, -0.2) is 9.78 Å². The summed E-state index contributed by atoms with van der Waals surface area (Å²) in [6.45, 7) is 6.70. The molecule has 0 aliphatic carbocycles. The maximum atomic E-state index is 12.2. The summed E-state index contributed by atoms with van der Waals surface area (Å²) < 4.78 is 13.0. The molecule has 0 spiro atoms. The number of terminal acetylenes is 1. The number of hydrogen-bond acceptors (Lipinski definition) is 6. The molecule has 0 bridgehead atoms. The van der Waals surface area contributed by atoms with Crippen LogP contribution in [0.3, 0.4) is 0 Å². The molecule has 3 aliphatic rings. The number of carbonyl (C=O) groups is 1. The quantitative estimate of drug-likeness (QED) is 0.184. The summed E-state index contributed by atoms with van der Waals surface area (Å²) in [6.07, 6.45) is 18.1. The molecule has 0 radical (unpaired) electrons. The Balaban J connectivity index is 1.01. The minimum Gasteiger partial charge on any atom is -0.465 e. The number of allylic oxidation sites excluding steroid dienone is 2. The first-order valence-corrected chi connectivity index (χ1v) is 16.2. The van der Waals surface area contributed by atoms with Crippen LogP contribution in [0.4, 0.5) is 0 Å². The number of fused-ring (bicyclic) bond motifs is 1. The molecule has 0 amide bonds. The van der Waals surface area contributed by atoms with Gasteiger partial charge in [0, 0.05) is 23.6 Å². The van der Waals surface area contributed by atoms with Crippen LogP contribution in [0.15, 0.2) is 53.2 Å². The first kappa shape index (κ1) is 30.3. The number of hydrogen-bond donors (Lipinski definition) is 0.